The predicted octanol–water partition coefficient (Wildman–Crippen LogP) is 3.47. The number of ether oxygens (including phenoxy) is 1. The fourth-order valence-electron chi connectivity index (χ4n) is 2.62. The number of benzene rings is 1. The zero-order chi connectivity index (χ0) is 16.8. The van der Waals surface area contributed by atoms with Gasteiger partial charge in [0.25, 0.3) is 0 Å². The minimum absolute atomic E-state index is 0.274. The molecule has 23 heavy (non-hydrogen) atoms. The van der Waals surface area contributed by atoms with Crippen LogP contribution >= 0.6 is 0 Å². The third kappa shape index (κ3) is 2.43. The minimum atomic E-state index is -4.76. The molecule has 0 bridgehead atoms. The van der Waals surface area contributed by atoms with Gasteiger partial charge in [-0.05, 0) is 12.1 Å². The van der Waals surface area contributed by atoms with Gasteiger partial charge in [0.1, 0.15) is 0 Å². The van der Waals surface area contributed by atoms with Crippen molar-refractivity contribution in [1.82, 2.24) is 4.40 Å². The summed E-state index contributed by atoms with van der Waals surface area (Å²) in [6, 6.07) is 9.32. The lowest BCUT2D eigenvalue weighted by Crippen LogP contribution is -2.20. The van der Waals surface area contributed by atoms with Crippen LogP contribution in [0.15, 0.2) is 42.6 Å². The van der Waals surface area contributed by atoms with Crippen molar-refractivity contribution < 1.29 is 27.8 Å². The standard InChI is InChI=1S/C16H12F3NO3/c1-23-15(22)13-10-4-2-3-5-11(10)20-8-9(6-7-12(13)20)14(21)16(17,18)19/h2-8,14,21H,1H3. The Morgan fingerprint density at radius 3 is 2.52 bits per heavy atom. The van der Waals surface area contributed by atoms with E-state index in [1.807, 2.05) is 0 Å². The van der Waals surface area contributed by atoms with Gasteiger partial charge in [-0.1, -0.05) is 24.3 Å². The lowest BCUT2D eigenvalue weighted by atomic mass is 10.1. The summed E-state index contributed by atoms with van der Waals surface area (Å²) >= 11 is 0. The maximum atomic E-state index is 12.7. The van der Waals surface area contributed by atoms with Crippen LogP contribution in [0.5, 0.6) is 0 Å². The molecule has 0 spiro atoms. The number of fused-ring (bicyclic) bond motifs is 3. The summed E-state index contributed by atoms with van der Waals surface area (Å²) in [5, 5.41) is 9.99. The molecule has 0 aliphatic heterocycles. The summed E-state index contributed by atoms with van der Waals surface area (Å²) in [4.78, 5) is 12.0. The van der Waals surface area contributed by atoms with Crippen LogP contribution < -0.4 is 0 Å². The van der Waals surface area contributed by atoms with E-state index in [1.54, 1.807) is 24.3 Å². The van der Waals surface area contributed by atoms with E-state index in [0.717, 1.165) is 6.07 Å². The Morgan fingerprint density at radius 1 is 1.17 bits per heavy atom. The van der Waals surface area contributed by atoms with Gasteiger partial charge in [0.2, 0.25) is 0 Å². The van der Waals surface area contributed by atoms with Crippen molar-refractivity contribution in [3.63, 3.8) is 0 Å². The first-order chi connectivity index (χ1) is 10.8. The Kier molecular flexibility index (Phi) is 3.52. The molecule has 120 valence electrons. The first-order valence-corrected chi connectivity index (χ1v) is 6.70. The molecule has 0 saturated heterocycles. The molecule has 1 aromatic carbocycles. The monoisotopic (exact) mass is 323 g/mol. The quantitative estimate of drug-likeness (QED) is 0.735. The number of methoxy groups -OCH3 is 1. The van der Waals surface area contributed by atoms with Gasteiger partial charge in [0.15, 0.2) is 6.10 Å². The average Bonchev–Trinajstić information content (AvgIpc) is 2.86. The van der Waals surface area contributed by atoms with E-state index >= 15 is 0 Å². The Hall–Kier alpha value is -2.54. The summed E-state index contributed by atoms with van der Waals surface area (Å²) in [7, 11) is 1.24. The molecular formula is C16H12F3NO3. The fourth-order valence-corrected chi connectivity index (χ4v) is 2.62. The zero-order valence-corrected chi connectivity index (χ0v) is 12.0. The number of hydrogen-bond donors (Lipinski definition) is 1. The van der Waals surface area contributed by atoms with Crippen molar-refractivity contribution in [1.29, 1.82) is 0 Å². The Bertz CT molecular complexity index is 899. The van der Waals surface area contributed by atoms with E-state index in [9.17, 15) is 23.1 Å². The number of aliphatic hydroxyl groups excluding tert-OH is 1. The van der Waals surface area contributed by atoms with Crippen LogP contribution in [0.3, 0.4) is 0 Å². The molecule has 4 nitrogen and oxygen atoms in total. The first kappa shape index (κ1) is 15.4. The van der Waals surface area contributed by atoms with Crippen LogP contribution in [0.4, 0.5) is 13.2 Å². The zero-order valence-electron chi connectivity index (χ0n) is 12.0. The number of nitrogens with zero attached hydrogens (tertiary/aromatic N) is 1. The summed E-state index contributed by atoms with van der Waals surface area (Å²) in [5.41, 5.74) is 0.939. The Morgan fingerprint density at radius 2 is 1.87 bits per heavy atom. The number of rotatable bonds is 2. The molecule has 7 heteroatoms. The molecule has 0 fully saturated rings. The molecule has 0 aliphatic carbocycles. The van der Waals surface area contributed by atoms with E-state index in [1.165, 1.54) is 23.8 Å². The van der Waals surface area contributed by atoms with E-state index in [0.29, 0.717) is 16.4 Å². The number of para-hydroxylation sites is 1. The molecule has 0 saturated carbocycles. The number of aliphatic hydroxyl groups is 1. The van der Waals surface area contributed by atoms with Crippen LogP contribution in [0, 0.1) is 0 Å². The van der Waals surface area contributed by atoms with E-state index in [4.69, 9.17) is 4.74 Å². The second-order valence-corrected chi connectivity index (χ2v) is 5.05. The normalized spacial score (nSPS) is 13.4. The van der Waals surface area contributed by atoms with Crippen molar-refractivity contribution in [2.75, 3.05) is 7.11 Å². The van der Waals surface area contributed by atoms with Crippen molar-refractivity contribution in [3.05, 3.63) is 53.7 Å². The highest BCUT2D eigenvalue weighted by Gasteiger charge is 2.39. The van der Waals surface area contributed by atoms with Crippen LogP contribution in [0.1, 0.15) is 22.0 Å². The molecule has 0 radical (unpaired) electrons. The smallest absolute Gasteiger partial charge is 0.418 e. The largest absolute Gasteiger partial charge is 0.465 e. The molecule has 1 unspecified atom stereocenters. The Balaban J connectivity index is 2.32. The third-order valence-corrected chi connectivity index (χ3v) is 3.68. The van der Waals surface area contributed by atoms with E-state index < -0.39 is 18.2 Å². The third-order valence-electron chi connectivity index (χ3n) is 3.68. The summed E-state index contributed by atoms with van der Waals surface area (Å²) in [6.45, 7) is 0. The summed E-state index contributed by atoms with van der Waals surface area (Å²) in [6.07, 6.45) is -6.17. The van der Waals surface area contributed by atoms with Crippen LogP contribution in [0.25, 0.3) is 16.4 Å². The number of halogens is 3. The number of carbonyl (C=O) groups excluding carboxylic acids is 1. The minimum Gasteiger partial charge on any atom is -0.465 e. The fraction of sp³-hybridized carbons (Fsp3) is 0.188. The number of pyridine rings is 1. The van der Waals surface area contributed by atoms with Gasteiger partial charge in [-0.25, -0.2) is 4.79 Å². The molecule has 0 aliphatic rings. The van der Waals surface area contributed by atoms with Crippen LogP contribution in [-0.4, -0.2) is 28.8 Å². The predicted molar refractivity (Wildman–Crippen MR) is 77.3 cm³/mol. The Labute approximate surface area is 128 Å². The molecular weight excluding hydrogens is 311 g/mol. The highest BCUT2D eigenvalue weighted by atomic mass is 19.4. The second kappa shape index (κ2) is 5.27. The summed E-state index contributed by atoms with van der Waals surface area (Å²) in [5.74, 6) is -0.576. The van der Waals surface area contributed by atoms with Crippen molar-refractivity contribution >= 4 is 22.4 Å². The van der Waals surface area contributed by atoms with E-state index in [-0.39, 0.29) is 11.1 Å². The van der Waals surface area contributed by atoms with E-state index in [2.05, 4.69) is 0 Å². The topological polar surface area (TPSA) is 50.9 Å². The highest BCUT2D eigenvalue weighted by Crippen LogP contribution is 2.34. The van der Waals surface area contributed by atoms with Gasteiger partial charge < -0.3 is 14.2 Å². The number of hydrogen-bond acceptors (Lipinski definition) is 3. The lowest BCUT2D eigenvalue weighted by Gasteiger charge is -2.15. The number of aromatic nitrogens is 1. The van der Waals surface area contributed by atoms with Gasteiger partial charge in [0, 0.05) is 17.1 Å². The van der Waals surface area contributed by atoms with Crippen molar-refractivity contribution in [3.8, 4) is 0 Å². The molecule has 3 rings (SSSR count). The number of alkyl halides is 3. The van der Waals surface area contributed by atoms with Gasteiger partial charge in [0.05, 0.1) is 23.7 Å². The van der Waals surface area contributed by atoms with Gasteiger partial charge >= 0.3 is 12.1 Å². The maximum Gasteiger partial charge on any atom is 0.418 e. The molecule has 0 amide bonds. The summed E-state index contributed by atoms with van der Waals surface area (Å²) < 4.78 is 44.3. The van der Waals surface area contributed by atoms with Gasteiger partial charge in [-0.2, -0.15) is 13.2 Å². The SMILES string of the molecule is COC(=O)c1c2ccccc2n2cc(C(O)C(F)(F)F)ccc12. The van der Waals surface area contributed by atoms with Crippen LogP contribution in [-0.2, 0) is 4.74 Å². The van der Waals surface area contributed by atoms with Crippen molar-refractivity contribution in [2.45, 2.75) is 12.3 Å². The molecule has 2 aromatic heterocycles. The van der Waals surface area contributed by atoms with Gasteiger partial charge in [-0.15, -0.1) is 0 Å². The number of esters is 1. The average molecular weight is 323 g/mol. The molecule has 3 aromatic rings. The first-order valence-electron chi connectivity index (χ1n) is 6.70. The maximum absolute atomic E-state index is 12.7. The van der Waals surface area contributed by atoms with Gasteiger partial charge in [-0.3, -0.25) is 0 Å². The molecule has 2 heterocycles. The lowest BCUT2D eigenvalue weighted by molar-refractivity contribution is -0.206. The molecule has 1 N–H and O–H groups in total. The second-order valence-electron chi connectivity index (χ2n) is 5.05. The molecule has 1 atom stereocenters. The van der Waals surface area contributed by atoms with Crippen molar-refractivity contribution in [2.24, 2.45) is 0 Å². The highest BCUT2D eigenvalue weighted by molar-refractivity contribution is 6.11. The van der Waals surface area contributed by atoms with Crippen LogP contribution in [0.2, 0.25) is 0 Å². The number of carbonyl (C=O) groups is 1.